The topological polar surface area (TPSA) is 67.2 Å². The molecule has 0 aliphatic rings. The minimum Gasteiger partial charge on any atom is -0.506 e. The van der Waals surface area contributed by atoms with Gasteiger partial charge in [-0.25, -0.2) is 0 Å². The number of halogens is 1. The second-order valence-corrected chi connectivity index (χ2v) is 5.28. The number of aromatic hydroxyl groups is 1. The molecule has 19 heavy (non-hydrogen) atoms. The van der Waals surface area contributed by atoms with Crippen molar-refractivity contribution in [1.82, 2.24) is 9.78 Å². The molecular formula is C13H14IN3O2. The molecule has 100 valence electrons. The highest BCUT2D eigenvalue weighted by atomic mass is 127. The Hall–Kier alpha value is -1.57. The van der Waals surface area contributed by atoms with Gasteiger partial charge in [-0.05, 0) is 41.6 Å². The van der Waals surface area contributed by atoms with Crippen LogP contribution in [0.2, 0.25) is 0 Å². The smallest absolute Gasteiger partial charge is 0.226 e. The summed E-state index contributed by atoms with van der Waals surface area (Å²) in [6, 6.07) is 6.67. The van der Waals surface area contributed by atoms with Crippen LogP contribution in [0.3, 0.4) is 0 Å². The van der Waals surface area contributed by atoms with E-state index in [1.807, 2.05) is 6.92 Å². The molecule has 1 aromatic carbocycles. The van der Waals surface area contributed by atoms with Gasteiger partial charge in [-0.2, -0.15) is 5.10 Å². The Morgan fingerprint density at radius 3 is 2.84 bits per heavy atom. The summed E-state index contributed by atoms with van der Waals surface area (Å²) in [5, 5.41) is 16.4. The molecule has 2 aromatic rings. The molecule has 1 heterocycles. The second-order valence-electron chi connectivity index (χ2n) is 4.12. The number of phenols is 1. The number of phenolic OH excluding ortho intramolecular Hbond substituents is 1. The molecule has 0 aliphatic heterocycles. The molecule has 0 bridgehead atoms. The third-order valence-electron chi connectivity index (χ3n) is 2.77. The van der Waals surface area contributed by atoms with Gasteiger partial charge < -0.3 is 10.4 Å². The number of nitrogens with one attached hydrogen (secondary N) is 1. The number of carbonyl (C=O) groups excluding carboxylic acids is 1. The van der Waals surface area contributed by atoms with Crippen molar-refractivity contribution in [2.24, 2.45) is 0 Å². The predicted octanol–water partition coefficient (Wildman–Crippen LogP) is 2.53. The highest BCUT2D eigenvalue weighted by molar-refractivity contribution is 14.1. The first kappa shape index (κ1) is 13.9. The lowest BCUT2D eigenvalue weighted by Gasteiger charge is -2.08. The van der Waals surface area contributed by atoms with Crippen LogP contribution in [0, 0.1) is 10.5 Å². The average Bonchev–Trinajstić information content (AvgIpc) is 2.70. The summed E-state index contributed by atoms with van der Waals surface area (Å²) in [7, 11) is 0. The summed E-state index contributed by atoms with van der Waals surface area (Å²) in [6.07, 6.45) is 2.09. The molecule has 0 atom stereocenters. The molecule has 1 aromatic heterocycles. The number of carbonyl (C=O) groups is 1. The van der Waals surface area contributed by atoms with Gasteiger partial charge in [-0.3, -0.25) is 9.48 Å². The van der Waals surface area contributed by atoms with Crippen LogP contribution in [0.15, 0.2) is 30.5 Å². The monoisotopic (exact) mass is 371 g/mol. The van der Waals surface area contributed by atoms with Crippen molar-refractivity contribution in [2.45, 2.75) is 19.9 Å². The van der Waals surface area contributed by atoms with Crippen LogP contribution in [0.25, 0.3) is 0 Å². The lowest BCUT2D eigenvalue weighted by molar-refractivity contribution is -0.116. The maximum absolute atomic E-state index is 11.8. The van der Waals surface area contributed by atoms with Crippen LogP contribution in [0.1, 0.15) is 12.1 Å². The van der Waals surface area contributed by atoms with Crippen molar-refractivity contribution in [1.29, 1.82) is 0 Å². The van der Waals surface area contributed by atoms with Crippen LogP contribution in [-0.2, 0) is 11.3 Å². The minimum atomic E-state index is -0.147. The number of hydrogen-bond donors (Lipinski definition) is 2. The van der Waals surface area contributed by atoms with Crippen molar-refractivity contribution in [3.8, 4) is 5.75 Å². The Labute approximate surface area is 124 Å². The van der Waals surface area contributed by atoms with Gasteiger partial charge in [-0.15, -0.1) is 0 Å². The van der Waals surface area contributed by atoms with E-state index in [4.69, 9.17) is 0 Å². The molecule has 0 fully saturated rings. The summed E-state index contributed by atoms with van der Waals surface area (Å²) >= 11 is 2.21. The van der Waals surface area contributed by atoms with E-state index in [1.54, 1.807) is 29.1 Å². The van der Waals surface area contributed by atoms with Gasteiger partial charge >= 0.3 is 0 Å². The normalized spacial score (nSPS) is 10.4. The number of nitrogens with zero attached hydrogens (tertiary/aromatic N) is 2. The van der Waals surface area contributed by atoms with E-state index in [0.717, 1.165) is 9.26 Å². The van der Waals surface area contributed by atoms with Gasteiger partial charge in [0, 0.05) is 12.1 Å². The van der Waals surface area contributed by atoms with Crippen molar-refractivity contribution in [3.63, 3.8) is 0 Å². The molecule has 0 saturated heterocycles. The Bertz CT molecular complexity index is 595. The van der Waals surface area contributed by atoms with E-state index >= 15 is 0 Å². The van der Waals surface area contributed by atoms with Gasteiger partial charge in [0.05, 0.1) is 22.0 Å². The summed E-state index contributed by atoms with van der Waals surface area (Å²) in [4.78, 5) is 11.8. The van der Waals surface area contributed by atoms with E-state index in [2.05, 4.69) is 33.0 Å². The number of aryl methyl sites for hydroxylation is 1. The number of amides is 1. The Kier molecular flexibility index (Phi) is 4.41. The number of hydrogen-bond acceptors (Lipinski definition) is 3. The van der Waals surface area contributed by atoms with E-state index in [1.165, 1.54) is 6.07 Å². The zero-order valence-electron chi connectivity index (χ0n) is 10.4. The van der Waals surface area contributed by atoms with Gasteiger partial charge in [-0.1, -0.05) is 12.1 Å². The SMILES string of the molecule is Cc1c(I)cnn1CCC(=O)Nc1ccccc1O. The molecular weight excluding hydrogens is 357 g/mol. The highest BCUT2D eigenvalue weighted by Crippen LogP contribution is 2.21. The van der Waals surface area contributed by atoms with Gasteiger partial charge in [0.2, 0.25) is 5.91 Å². The molecule has 1 amide bonds. The third-order valence-corrected chi connectivity index (χ3v) is 3.83. The van der Waals surface area contributed by atoms with Crippen LogP contribution in [0.4, 0.5) is 5.69 Å². The Morgan fingerprint density at radius 1 is 1.47 bits per heavy atom. The van der Waals surface area contributed by atoms with Gasteiger partial charge in [0.15, 0.2) is 0 Å². The predicted molar refractivity (Wildman–Crippen MR) is 81.0 cm³/mol. The fourth-order valence-electron chi connectivity index (χ4n) is 1.65. The standard InChI is InChI=1S/C13H14IN3O2/c1-9-10(14)8-15-17(9)7-6-13(19)16-11-4-2-3-5-12(11)18/h2-5,8,18H,6-7H2,1H3,(H,16,19). The fourth-order valence-corrected chi connectivity index (χ4v) is 2.05. The second kappa shape index (κ2) is 6.05. The lowest BCUT2D eigenvalue weighted by atomic mass is 10.3. The molecule has 0 unspecified atom stereocenters. The molecule has 0 saturated carbocycles. The van der Waals surface area contributed by atoms with Gasteiger partial charge in [0.1, 0.15) is 5.75 Å². The Morgan fingerprint density at radius 2 is 2.21 bits per heavy atom. The van der Waals surface area contributed by atoms with Crippen molar-refractivity contribution >= 4 is 34.2 Å². The van der Waals surface area contributed by atoms with Gasteiger partial charge in [0.25, 0.3) is 0 Å². The van der Waals surface area contributed by atoms with Crippen LogP contribution < -0.4 is 5.32 Å². The van der Waals surface area contributed by atoms with Crippen molar-refractivity contribution in [3.05, 3.63) is 39.7 Å². The van der Waals surface area contributed by atoms with Crippen molar-refractivity contribution in [2.75, 3.05) is 5.32 Å². The molecule has 5 nitrogen and oxygen atoms in total. The molecule has 2 rings (SSSR count). The van der Waals surface area contributed by atoms with E-state index < -0.39 is 0 Å². The maximum atomic E-state index is 11.8. The number of para-hydroxylation sites is 2. The first-order chi connectivity index (χ1) is 9.08. The van der Waals surface area contributed by atoms with E-state index in [9.17, 15) is 9.90 Å². The van der Waals surface area contributed by atoms with Crippen LogP contribution in [-0.4, -0.2) is 20.8 Å². The molecule has 0 aliphatic carbocycles. The summed E-state index contributed by atoms with van der Waals surface area (Å²) < 4.78 is 2.88. The largest absolute Gasteiger partial charge is 0.506 e. The number of anilines is 1. The summed E-state index contributed by atoms with van der Waals surface area (Å²) in [5.74, 6) is -0.0768. The minimum absolute atomic E-state index is 0.0701. The third kappa shape index (κ3) is 3.46. The number of aromatic nitrogens is 2. The van der Waals surface area contributed by atoms with E-state index in [0.29, 0.717) is 18.7 Å². The quantitative estimate of drug-likeness (QED) is 0.641. The van der Waals surface area contributed by atoms with E-state index in [-0.39, 0.29) is 11.7 Å². The fraction of sp³-hybridized carbons (Fsp3) is 0.231. The maximum Gasteiger partial charge on any atom is 0.226 e. The van der Waals surface area contributed by atoms with Crippen LogP contribution in [0.5, 0.6) is 5.75 Å². The number of benzene rings is 1. The molecule has 0 radical (unpaired) electrons. The zero-order chi connectivity index (χ0) is 13.8. The first-order valence-corrected chi connectivity index (χ1v) is 6.91. The highest BCUT2D eigenvalue weighted by Gasteiger charge is 2.08. The molecule has 0 spiro atoms. The Balaban J connectivity index is 1.92. The number of rotatable bonds is 4. The molecule has 2 N–H and O–H groups in total. The average molecular weight is 371 g/mol. The molecule has 6 heteroatoms. The summed E-state index contributed by atoms with van der Waals surface area (Å²) in [6.45, 7) is 2.49. The summed E-state index contributed by atoms with van der Waals surface area (Å²) in [5.41, 5.74) is 1.48. The zero-order valence-corrected chi connectivity index (χ0v) is 12.6. The van der Waals surface area contributed by atoms with Crippen LogP contribution >= 0.6 is 22.6 Å². The van der Waals surface area contributed by atoms with Crippen molar-refractivity contribution < 1.29 is 9.90 Å². The lowest BCUT2D eigenvalue weighted by Crippen LogP contribution is -2.15. The first-order valence-electron chi connectivity index (χ1n) is 5.83.